The smallest absolute Gasteiger partial charge is 0.129 e. The lowest BCUT2D eigenvalue weighted by molar-refractivity contribution is 0.122. The second-order valence-electron chi connectivity index (χ2n) is 9.08. The number of methoxy groups -OCH3 is 1. The zero-order valence-electron chi connectivity index (χ0n) is 18.4. The van der Waals surface area contributed by atoms with Gasteiger partial charge in [0.15, 0.2) is 0 Å². The average molecular weight is 405 g/mol. The molecule has 2 aromatic carbocycles. The maximum absolute atomic E-state index is 6.25. The lowest BCUT2D eigenvalue weighted by Crippen LogP contribution is -2.40. The second kappa shape index (κ2) is 8.66. The highest BCUT2D eigenvalue weighted by atomic mass is 16.5. The van der Waals surface area contributed by atoms with Crippen LogP contribution in [0.3, 0.4) is 0 Å². The van der Waals surface area contributed by atoms with Crippen LogP contribution in [0.2, 0.25) is 0 Å². The Morgan fingerprint density at radius 2 is 1.60 bits per heavy atom. The van der Waals surface area contributed by atoms with Gasteiger partial charge in [-0.05, 0) is 72.4 Å². The zero-order valence-corrected chi connectivity index (χ0v) is 18.4. The Bertz CT molecular complexity index is 921. The van der Waals surface area contributed by atoms with Crippen LogP contribution in [0.4, 0.5) is 11.4 Å². The first kappa shape index (κ1) is 20.7. The normalized spacial score (nSPS) is 21.3. The number of ether oxygens (including phenoxy) is 2. The standard InChI is InChI=1S/C26H32N2O2/c1-26(2,3)18-5-7-19(8-6-18)28-20-9-11-21(12-10-20)30-25-15-16-27-24-14-13-22(29-4)17-23(24)25/h5-12,15,17,22,24,27-28H,13-14,16H2,1-4H3. The molecule has 30 heavy (non-hydrogen) atoms. The minimum absolute atomic E-state index is 0.164. The molecule has 158 valence electrons. The minimum atomic E-state index is 0.164. The molecule has 1 heterocycles. The van der Waals surface area contributed by atoms with Crippen LogP contribution in [0.1, 0.15) is 39.2 Å². The Balaban J connectivity index is 1.42. The Morgan fingerprint density at radius 3 is 2.23 bits per heavy atom. The van der Waals surface area contributed by atoms with Gasteiger partial charge >= 0.3 is 0 Å². The zero-order chi connectivity index (χ0) is 21.1. The van der Waals surface area contributed by atoms with E-state index < -0.39 is 0 Å². The first-order chi connectivity index (χ1) is 14.4. The molecule has 2 aromatic rings. The van der Waals surface area contributed by atoms with E-state index in [1.54, 1.807) is 7.11 Å². The number of fused-ring (bicyclic) bond motifs is 1. The predicted molar refractivity (Wildman–Crippen MR) is 123 cm³/mol. The number of nitrogens with one attached hydrogen (secondary N) is 2. The molecule has 0 radical (unpaired) electrons. The summed E-state index contributed by atoms with van der Waals surface area (Å²) in [6.07, 6.45) is 6.59. The molecule has 0 spiro atoms. The fourth-order valence-corrected chi connectivity index (χ4v) is 4.00. The van der Waals surface area contributed by atoms with E-state index in [1.165, 1.54) is 11.1 Å². The van der Waals surface area contributed by atoms with Crippen LogP contribution in [0.15, 0.2) is 72.0 Å². The number of hydrogen-bond donors (Lipinski definition) is 2. The van der Waals surface area contributed by atoms with Gasteiger partial charge in [0.05, 0.1) is 6.10 Å². The Morgan fingerprint density at radius 1 is 0.933 bits per heavy atom. The van der Waals surface area contributed by atoms with Crippen LogP contribution in [0.25, 0.3) is 0 Å². The fourth-order valence-electron chi connectivity index (χ4n) is 4.00. The van der Waals surface area contributed by atoms with E-state index in [-0.39, 0.29) is 11.5 Å². The molecule has 0 saturated heterocycles. The van der Waals surface area contributed by atoms with Crippen molar-refractivity contribution < 1.29 is 9.47 Å². The lowest BCUT2D eigenvalue weighted by Gasteiger charge is -2.32. The molecule has 4 rings (SSSR count). The van der Waals surface area contributed by atoms with E-state index >= 15 is 0 Å². The molecule has 0 saturated carbocycles. The molecule has 4 nitrogen and oxygen atoms in total. The topological polar surface area (TPSA) is 42.5 Å². The first-order valence-corrected chi connectivity index (χ1v) is 10.8. The summed E-state index contributed by atoms with van der Waals surface area (Å²) in [5, 5.41) is 7.00. The summed E-state index contributed by atoms with van der Waals surface area (Å²) in [4.78, 5) is 0. The van der Waals surface area contributed by atoms with Gasteiger partial charge in [0.1, 0.15) is 11.5 Å². The molecule has 2 N–H and O–H groups in total. The molecule has 0 aromatic heterocycles. The summed E-state index contributed by atoms with van der Waals surface area (Å²) >= 11 is 0. The molecule has 0 fully saturated rings. The van der Waals surface area contributed by atoms with Gasteiger partial charge in [-0.15, -0.1) is 0 Å². The third-order valence-corrected chi connectivity index (χ3v) is 5.84. The van der Waals surface area contributed by atoms with Gasteiger partial charge in [0, 0.05) is 36.6 Å². The summed E-state index contributed by atoms with van der Waals surface area (Å²) in [7, 11) is 1.77. The summed E-state index contributed by atoms with van der Waals surface area (Å²) < 4.78 is 11.8. The van der Waals surface area contributed by atoms with Crippen molar-refractivity contribution in [1.29, 1.82) is 0 Å². The van der Waals surface area contributed by atoms with Crippen molar-refractivity contribution in [3.8, 4) is 5.75 Å². The minimum Gasteiger partial charge on any atom is -0.457 e. The van der Waals surface area contributed by atoms with Crippen molar-refractivity contribution in [2.45, 2.75) is 51.2 Å². The molecule has 1 aliphatic carbocycles. The van der Waals surface area contributed by atoms with E-state index in [2.05, 4.69) is 80.0 Å². The van der Waals surface area contributed by atoms with Gasteiger partial charge in [-0.1, -0.05) is 32.9 Å². The highest BCUT2D eigenvalue weighted by molar-refractivity contribution is 5.61. The van der Waals surface area contributed by atoms with Gasteiger partial charge in [-0.25, -0.2) is 0 Å². The second-order valence-corrected chi connectivity index (χ2v) is 9.08. The first-order valence-electron chi connectivity index (χ1n) is 10.8. The van der Waals surface area contributed by atoms with Crippen molar-refractivity contribution in [1.82, 2.24) is 5.32 Å². The van der Waals surface area contributed by atoms with E-state index in [9.17, 15) is 0 Å². The third kappa shape index (κ3) is 4.77. The Hall–Kier alpha value is -2.56. The molecule has 2 unspecified atom stereocenters. The van der Waals surface area contributed by atoms with Crippen molar-refractivity contribution in [3.05, 3.63) is 77.6 Å². The van der Waals surface area contributed by atoms with Gasteiger partial charge in [0.25, 0.3) is 0 Å². The van der Waals surface area contributed by atoms with Crippen LogP contribution in [-0.4, -0.2) is 25.8 Å². The number of benzene rings is 2. The molecule has 1 aliphatic heterocycles. The molecule has 4 heteroatoms. The lowest BCUT2D eigenvalue weighted by atomic mass is 9.87. The molecule has 2 aliphatic rings. The van der Waals surface area contributed by atoms with Gasteiger partial charge in [-0.3, -0.25) is 0 Å². The Labute approximate surface area is 180 Å². The Kier molecular flexibility index (Phi) is 5.98. The molecule has 0 bridgehead atoms. The van der Waals surface area contributed by atoms with Crippen LogP contribution in [0.5, 0.6) is 5.75 Å². The van der Waals surface area contributed by atoms with E-state index in [1.807, 2.05) is 12.1 Å². The maximum atomic E-state index is 6.25. The van der Waals surface area contributed by atoms with Crippen molar-refractivity contribution in [3.63, 3.8) is 0 Å². The van der Waals surface area contributed by atoms with Gasteiger partial charge in [-0.2, -0.15) is 0 Å². The van der Waals surface area contributed by atoms with E-state index in [4.69, 9.17) is 9.47 Å². The summed E-state index contributed by atoms with van der Waals surface area (Å²) in [6.45, 7) is 7.52. The monoisotopic (exact) mass is 404 g/mol. The average Bonchev–Trinajstić information content (AvgIpc) is 2.75. The van der Waals surface area contributed by atoms with Gasteiger partial charge in [0.2, 0.25) is 0 Å². The van der Waals surface area contributed by atoms with E-state index in [0.717, 1.165) is 42.3 Å². The highest BCUT2D eigenvalue weighted by Gasteiger charge is 2.28. The number of anilines is 2. The van der Waals surface area contributed by atoms with E-state index in [0.29, 0.717) is 6.04 Å². The highest BCUT2D eigenvalue weighted by Crippen LogP contribution is 2.31. The van der Waals surface area contributed by atoms with Crippen LogP contribution in [0, 0.1) is 0 Å². The maximum Gasteiger partial charge on any atom is 0.129 e. The van der Waals surface area contributed by atoms with Crippen molar-refractivity contribution in [2.24, 2.45) is 0 Å². The predicted octanol–water partition coefficient (Wildman–Crippen LogP) is 5.70. The molecule has 2 atom stereocenters. The van der Waals surface area contributed by atoms with Crippen molar-refractivity contribution in [2.75, 3.05) is 19.0 Å². The van der Waals surface area contributed by atoms with Crippen LogP contribution < -0.4 is 15.4 Å². The molecular weight excluding hydrogens is 372 g/mol. The van der Waals surface area contributed by atoms with Gasteiger partial charge < -0.3 is 20.1 Å². The number of hydrogen-bond acceptors (Lipinski definition) is 4. The van der Waals surface area contributed by atoms with Crippen molar-refractivity contribution >= 4 is 11.4 Å². The quantitative estimate of drug-likeness (QED) is 0.671. The molecule has 0 amide bonds. The van der Waals surface area contributed by atoms with Crippen LogP contribution >= 0.6 is 0 Å². The summed E-state index contributed by atoms with van der Waals surface area (Å²) in [5.74, 6) is 1.79. The third-order valence-electron chi connectivity index (χ3n) is 5.84. The summed E-state index contributed by atoms with van der Waals surface area (Å²) in [6, 6.07) is 17.1. The largest absolute Gasteiger partial charge is 0.457 e. The summed E-state index contributed by atoms with van der Waals surface area (Å²) in [5.41, 5.74) is 4.83. The SMILES string of the molecule is COC1C=C2C(Oc3ccc(Nc4ccc(C(C)(C)C)cc4)cc3)=CCNC2CC1. The molecular formula is C26H32N2O2. The van der Waals surface area contributed by atoms with Crippen LogP contribution in [-0.2, 0) is 10.2 Å². The number of rotatable bonds is 5. The fraction of sp³-hybridized carbons (Fsp3) is 0.385.